The average molecular weight is 280 g/mol. The average Bonchev–Trinajstić information content (AvgIpc) is 3.26. The Labute approximate surface area is 122 Å². The van der Waals surface area contributed by atoms with Crippen molar-refractivity contribution < 1.29 is 9.59 Å². The molecule has 2 aliphatic rings. The van der Waals surface area contributed by atoms with Crippen LogP contribution in [0.4, 0.5) is 0 Å². The summed E-state index contributed by atoms with van der Waals surface area (Å²) in [4.78, 5) is 27.5. The fourth-order valence-electron chi connectivity index (χ4n) is 3.34. The Bertz CT molecular complexity index is 405. The van der Waals surface area contributed by atoms with Crippen LogP contribution in [0.5, 0.6) is 0 Å². The second-order valence-electron chi connectivity index (χ2n) is 6.72. The smallest absolute Gasteiger partial charge is 0.246 e. The first-order valence-corrected chi connectivity index (χ1v) is 8.01. The van der Waals surface area contributed by atoms with Gasteiger partial charge in [-0.3, -0.25) is 9.59 Å². The van der Waals surface area contributed by atoms with Crippen LogP contribution in [0.3, 0.4) is 0 Å². The third-order valence-electron chi connectivity index (χ3n) is 5.37. The van der Waals surface area contributed by atoms with Crippen LogP contribution < -0.4 is 5.32 Å². The Morgan fingerprint density at radius 2 is 1.85 bits per heavy atom. The number of carbonyl (C=O) groups is 2. The minimum absolute atomic E-state index is 0.0465. The van der Waals surface area contributed by atoms with Gasteiger partial charge in [0.2, 0.25) is 11.8 Å². The molecule has 4 nitrogen and oxygen atoms in total. The zero-order valence-corrected chi connectivity index (χ0v) is 13.4. The standard InChI is InChI=1S/C16H28N2O2/c1-6-10(3)13-14(19)18(11(4)7-2)16(5,12-8-9-12)15(20)17-13/h10-13H,6-9H2,1-5H3,(H,17,20). The summed E-state index contributed by atoms with van der Waals surface area (Å²) in [6, 6.07) is -0.237. The van der Waals surface area contributed by atoms with Crippen LogP contribution in [0.1, 0.15) is 60.3 Å². The summed E-state index contributed by atoms with van der Waals surface area (Å²) in [6.07, 6.45) is 3.88. The molecule has 1 heterocycles. The molecule has 0 aromatic carbocycles. The van der Waals surface area contributed by atoms with Gasteiger partial charge in [0.15, 0.2) is 0 Å². The summed E-state index contributed by atoms with van der Waals surface area (Å²) in [5.41, 5.74) is -0.642. The van der Waals surface area contributed by atoms with Crippen molar-refractivity contribution in [3.05, 3.63) is 0 Å². The molecule has 1 aliphatic carbocycles. The number of piperazine rings is 1. The van der Waals surface area contributed by atoms with E-state index < -0.39 is 5.54 Å². The lowest BCUT2D eigenvalue weighted by Crippen LogP contribution is -2.73. The molecular formula is C16H28N2O2. The number of amides is 2. The van der Waals surface area contributed by atoms with Crippen molar-refractivity contribution in [3.63, 3.8) is 0 Å². The summed E-state index contributed by atoms with van der Waals surface area (Å²) >= 11 is 0. The largest absolute Gasteiger partial charge is 0.342 e. The van der Waals surface area contributed by atoms with E-state index in [4.69, 9.17) is 0 Å². The minimum Gasteiger partial charge on any atom is -0.342 e. The fraction of sp³-hybridized carbons (Fsp3) is 0.875. The number of nitrogens with one attached hydrogen (secondary N) is 1. The van der Waals surface area contributed by atoms with Gasteiger partial charge in [0.05, 0.1) is 0 Å². The van der Waals surface area contributed by atoms with Crippen LogP contribution in [0.25, 0.3) is 0 Å². The zero-order valence-electron chi connectivity index (χ0n) is 13.4. The quantitative estimate of drug-likeness (QED) is 0.840. The van der Waals surface area contributed by atoms with Crippen LogP contribution >= 0.6 is 0 Å². The second-order valence-corrected chi connectivity index (χ2v) is 6.72. The molecule has 0 radical (unpaired) electrons. The summed E-state index contributed by atoms with van der Waals surface area (Å²) in [5.74, 6) is 0.674. The molecule has 0 bridgehead atoms. The highest BCUT2D eigenvalue weighted by Gasteiger charge is 2.58. The highest BCUT2D eigenvalue weighted by molar-refractivity contribution is 6.00. The van der Waals surface area contributed by atoms with E-state index in [1.807, 2.05) is 18.7 Å². The molecule has 2 amide bonds. The first-order valence-electron chi connectivity index (χ1n) is 8.01. The first-order chi connectivity index (χ1) is 9.37. The van der Waals surface area contributed by atoms with Crippen molar-refractivity contribution in [2.24, 2.45) is 11.8 Å². The van der Waals surface area contributed by atoms with Crippen LogP contribution in [0.2, 0.25) is 0 Å². The number of hydrogen-bond acceptors (Lipinski definition) is 2. The van der Waals surface area contributed by atoms with Gasteiger partial charge >= 0.3 is 0 Å². The normalized spacial score (nSPS) is 33.9. The van der Waals surface area contributed by atoms with Gasteiger partial charge < -0.3 is 10.2 Å². The van der Waals surface area contributed by atoms with Crippen molar-refractivity contribution in [2.75, 3.05) is 0 Å². The highest BCUT2D eigenvalue weighted by Crippen LogP contribution is 2.46. The number of carbonyl (C=O) groups excluding carboxylic acids is 2. The van der Waals surface area contributed by atoms with Crippen molar-refractivity contribution in [2.45, 2.75) is 77.9 Å². The molecule has 1 saturated heterocycles. The molecule has 1 aliphatic heterocycles. The lowest BCUT2D eigenvalue weighted by atomic mass is 9.83. The van der Waals surface area contributed by atoms with Crippen molar-refractivity contribution in [1.29, 1.82) is 0 Å². The van der Waals surface area contributed by atoms with Crippen molar-refractivity contribution >= 4 is 11.8 Å². The van der Waals surface area contributed by atoms with Gasteiger partial charge in [-0.05, 0) is 44.9 Å². The molecule has 4 heteroatoms. The van der Waals surface area contributed by atoms with E-state index in [0.29, 0.717) is 5.92 Å². The van der Waals surface area contributed by atoms with Gasteiger partial charge in [-0.2, -0.15) is 0 Å². The van der Waals surface area contributed by atoms with Gasteiger partial charge in [-0.25, -0.2) is 0 Å². The number of nitrogens with zero attached hydrogens (tertiary/aromatic N) is 1. The summed E-state index contributed by atoms with van der Waals surface area (Å²) in [7, 11) is 0. The second kappa shape index (κ2) is 5.38. The summed E-state index contributed by atoms with van der Waals surface area (Å²) in [6.45, 7) is 10.2. The van der Waals surface area contributed by atoms with Crippen LogP contribution in [0, 0.1) is 11.8 Å². The third kappa shape index (κ3) is 2.23. The molecular weight excluding hydrogens is 252 g/mol. The first kappa shape index (κ1) is 15.3. The molecule has 1 saturated carbocycles. The SMILES string of the molecule is CCC(C)C1NC(=O)C(C)(C2CC2)N(C(C)CC)C1=O. The van der Waals surface area contributed by atoms with Crippen LogP contribution in [-0.4, -0.2) is 34.3 Å². The van der Waals surface area contributed by atoms with Gasteiger partial charge in [0, 0.05) is 6.04 Å². The minimum atomic E-state index is -0.642. The summed E-state index contributed by atoms with van der Waals surface area (Å²) < 4.78 is 0. The lowest BCUT2D eigenvalue weighted by Gasteiger charge is -2.50. The molecule has 0 aromatic rings. The molecule has 2 rings (SSSR count). The molecule has 1 N–H and O–H groups in total. The maximum Gasteiger partial charge on any atom is 0.246 e. The number of hydrogen-bond donors (Lipinski definition) is 1. The molecule has 0 spiro atoms. The van der Waals surface area contributed by atoms with E-state index in [1.165, 1.54) is 0 Å². The molecule has 20 heavy (non-hydrogen) atoms. The van der Waals surface area contributed by atoms with Gasteiger partial charge in [0.25, 0.3) is 0 Å². The Hall–Kier alpha value is -1.06. The van der Waals surface area contributed by atoms with Crippen LogP contribution in [0.15, 0.2) is 0 Å². The monoisotopic (exact) mass is 280 g/mol. The zero-order chi connectivity index (χ0) is 15.1. The highest BCUT2D eigenvalue weighted by atomic mass is 16.2. The molecule has 114 valence electrons. The van der Waals surface area contributed by atoms with E-state index in [0.717, 1.165) is 25.7 Å². The van der Waals surface area contributed by atoms with E-state index in [-0.39, 0.29) is 29.8 Å². The summed E-state index contributed by atoms with van der Waals surface area (Å²) in [5, 5.41) is 3.01. The number of rotatable bonds is 5. The molecule has 4 unspecified atom stereocenters. The predicted molar refractivity (Wildman–Crippen MR) is 79.1 cm³/mol. The topological polar surface area (TPSA) is 49.4 Å². The molecule has 2 fully saturated rings. The van der Waals surface area contributed by atoms with Crippen LogP contribution in [-0.2, 0) is 9.59 Å². The Morgan fingerprint density at radius 1 is 1.25 bits per heavy atom. The Kier molecular flexibility index (Phi) is 4.12. The lowest BCUT2D eigenvalue weighted by molar-refractivity contribution is -0.163. The Morgan fingerprint density at radius 3 is 2.30 bits per heavy atom. The molecule has 4 atom stereocenters. The maximum atomic E-state index is 12.9. The van der Waals surface area contributed by atoms with Gasteiger partial charge in [0.1, 0.15) is 11.6 Å². The third-order valence-corrected chi connectivity index (χ3v) is 5.37. The molecule has 0 aromatic heterocycles. The van der Waals surface area contributed by atoms with E-state index in [9.17, 15) is 9.59 Å². The predicted octanol–water partition coefficient (Wildman–Crippen LogP) is 2.33. The van der Waals surface area contributed by atoms with E-state index in [1.54, 1.807) is 0 Å². The van der Waals surface area contributed by atoms with Crippen molar-refractivity contribution in [3.8, 4) is 0 Å². The van der Waals surface area contributed by atoms with E-state index >= 15 is 0 Å². The van der Waals surface area contributed by atoms with Gasteiger partial charge in [-0.1, -0.05) is 27.2 Å². The maximum absolute atomic E-state index is 12.9. The van der Waals surface area contributed by atoms with Gasteiger partial charge in [-0.15, -0.1) is 0 Å². The Balaban J connectivity index is 2.36. The fourth-order valence-corrected chi connectivity index (χ4v) is 3.34. The van der Waals surface area contributed by atoms with Crippen molar-refractivity contribution in [1.82, 2.24) is 10.2 Å². The van der Waals surface area contributed by atoms with E-state index in [2.05, 4.69) is 26.1 Å².